The van der Waals surface area contributed by atoms with Crippen LogP contribution in [0.25, 0.3) is 10.9 Å². The van der Waals surface area contributed by atoms with Crippen molar-refractivity contribution in [2.45, 2.75) is 19.9 Å². The summed E-state index contributed by atoms with van der Waals surface area (Å²) < 4.78 is 0. The molecular formula is C15H20ClN3. The van der Waals surface area contributed by atoms with Crippen molar-refractivity contribution in [3.8, 4) is 0 Å². The molecule has 4 heteroatoms. The van der Waals surface area contributed by atoms with E-state index in [1.165, 1.54) is 16.6 Å². The standard InChI is InChI=1S/C15H20ClN3/c1-10-14(11(2)19-8-6-17-7-9-19)12-4-3-5-13(16)15(12)18-10/h3-5,11,17-18H,6-9H2,1-2H3. The number of rotatable bonds is 2. The van der Waals surface area contributed by atoms with Crippen molar-refractivity contribution in [2.24, 2.45) is 0 Å². The number of benzene rings is 1. The fourth-order valence-electron chi connectivity index (χ4n) is 3.12. The van der Waals surface area contributed by atoms with Crippen LogP contribution in [-0.2, 0) is 0 Å². The highest BCUT2D eigenvalue weighted by Crippen LogP contribution is 2.34. The molecule has 1 aromatic carbocycles. The molecule has 1 fully saturated rings. The van der Waals surface area contributed by atoms with E-state index in [9.17, 15) is 0 Å². The van der Waals surface area contributed by atoms with Gasteiger partial charge in [0, 0.05) is 43.3 Å². The Morgan fingerprint density at radius 3 is 2.74 bits per heavy atom. The van der Waals surface area contributed by atoms with Gasteiger partial charge in [-0.25, -0.2) is 0 Å². The van der Waals surface area contributed by atoms with Crippen LogP contribution in [0.1, 0.15) is 24.2 Å². The third-order valence-corrected chi connectivity index (χ3v) is 4.45. The van der Waals surface area contributed by atoms with Gasteiger partial charge < -0.3 is 10.3 Å². The highest BCUT2D eigenvalue weighted by molar-refractivity contribution is 6.35. The first-order chi connectivity index (χ1) is 9.18. The lowest BCUT2D eigenvalue weighted by Gasteiger charge is -2.33. The van der Waals surface area contributed by atoms with Crippen LogP contribution in [0.4, 0.5) is 0 Å². The second-order valence-electron chi connectivity index (χ2n) is 5.29. The van der Waals surface area contributed by atoms with Crippen LogP contribution in [0.15, 0.2) is 18.2 Å². The largest absolute Gasteiger partial charge is 0.357 e. The number of nitrogens with one attached hydrogen (secondary N) is 2. The minimum atomic E-state index is 0.425. The number of hydrogen-bond acceptors (Lipinski definition) is 2. The molecule has 0 spiro atoms. The van der Waals surface area contributed by atoms with Crippen LogP contribution >= 0.6 is 11.6 Å². The van der Waals surface area contributed by atoms with Gasteiger partial charge in [-0.1, -0.05) is 23.7 Å². The third kappa shape index (κ3) is 2.27. The van der Waals surface area contributed by atoms with Gasteiger partial charge in [0.15, 0.2) is 0 Å². The van der Waals surface area contributed by atoms with Gasteiger partial charge in [0.1, 0.15) is 0 Å². The number of nitrogens with zero attached hydrogens (tertiary/aromatic N) is 1. The van der Waals surface area contributed by atoms with Crippen molar-refractivity contribution in [3.05, 3.63) is 34.5 Å². The van der Waals surface area contributed by atoms with Crippen LogP contribution in [0.3, 0.4) is 0 Å². The summed E-state index contributed by atoms with van der Waals surface area (Å²) in [6, 6.07) is 6.57. The average Bonchev–Trinajstić information content (AvgIpc) is 2.77. The van der Waals surface area contributed by atoms with Crippen LogP contribution in [0, 0.1) is 6.92 Å². The maximum absolute atomic E-state index is 6.28. The summed E-state index contributed by atoms with van der Waals surface area (Å²) in [5.41, 5.74) is 3.69. The number of aromatic amines is 1. The van der Waals surface area contributed by atoms with Gasteiger partial charge >= 0.3 is 0 Å². The lowest BCUT2D eigenvalue weighted by atomic mass is 10.0. The predicted octanol–water partition coefficient (Wildman–Crippen LogP) is 3.10. The van der Waals surface area contributed by atoms with Crippen molar-refractivity contribution in [3.63, 3.8) is 0 Å². The third-order valence-electron chi connectivity index (χ3n) is 4.14. The van der Waals surface area contributed by atoms with Gasteiger partial charge in [0.2, 0.25) is 0 Å². The molecule has 2 N–H and O–H groups in total. The first-order valence-electron chi connectivity index (χ1n) is 6.90. The zero-order chi connectivity index (χ0) is 13.4. The smallest absolute Gasteiger partial charge is 0.0648 e. The number of piperazine rings is 1. The van der Waals surface area contributed by atoms with Gasteiger partial charge in [-0.05, 0) is 25.5 Å². The van der Waals surface area contributed by atoms with Crippen molar-refractivity contribution < 1.29 is 0 Å². The Kier molecular flexibility index (Phi) is 3.52. The maximum Gasteiger partial charge on any atom is 0.0648 e. The molecule has 2 aromatic rings. The number of aryl methyl sites for hydroxylation is 1. The minimum Gasteiger partial charge on any atom is -0.357 e. The summed E-state index contributed by atoms with van der Waals surface area (Å²) in [6.45, 7) is 8.80. The molecule has 3 nitrogen and oxygen atoms in total. The predicted molar refractivity (Wildman–Crippen MR) is 80.9 cm³/mol. The molecule has 1 aromatic heterocycles. The van der Waals surface area contributed by atoms with Crippen LogP contribution in [0.5, 0.6) is 0 Å². The molecule has 0 radical (unpaired) electrons. The summed E-state index contributed by atoms with van der Waals surface area (Å²) >= 11 is 6.28. The zero-order valence-electron chi connectivity index (χ0n) is 11.5. The van der Waals surface area contributed by atoms with E-state index in [-0.39, 0.29) is 0 Å². The SMILES string of the molecule is Cc1[nH]c2c(Cl)cccc2c1C(C)N1CCNCC1. The molecule has 102 valence electrons. The maximum atomic E-state index is 6.28. The Labute approximate surface area is 118 Å². The first kappa shape index (κ1) is 13.0. The van der Waals surface area contributed by atoms with Gasteiger partial charge in [0.25, 0.3) is 0 Å². The molecule has 19 heavy (non-hydrogen) atoms. The number of fused-ring (bicyclic) bond motifs is 1. The van der Waals surface area contributed by atoms with E-state index in [0.717, 1.165) is 36.7 Å². The Morgan fingerprint density at radius 1 is 1.26 bits per heavy atom. The molecule has 0 amide bonds. The highest BCUT2D eigenvalue weighted by atomic mass is 35.5. The second-order valence-corrected chi connectivity index (χ2v) is 5.70. The van der Waals surface area contributed by atoms with Crippen molar-refractivity contribution in [1.29, 1.82) is 0 Å². The summed E-state index contributed by atoms with van der Waals surface area (Å²) in [4.78, 5) is 5.98. The van der Waals surface area contributed by atoms with Crippen LogP contribution in [-0.4, -0.2) is 36.1 Å². The minimum absolute atomic E-state index is 0.425. The number of H-pyrrole nitrogens is 1. The molecule has 1 aliphatic rings. The quantitative estimate of drug-likeness (QED) is 0.884. The van der Waals surface area contributed by atoms with E-state index < -0.39 is 0 Å². The summed E-state index contributed by atoms with van der Waals surface area (Å²) in [7, 11) is 0. The molecular weight excluding hydrogens is 258 g/mol. The van der Waals surface area contributed by atoms with Gasteiger partial charge in [0.05, 0.1) is 10.5 Å². The van der Waals surface area contributed by atoms with Gasteiger partial charge in [-0.3, -0.25) is 4.90 Å². The second kappa shape index (κ2) is 5.16. The van der Waals surface area contributed by atoms with Crippen molar-refractivity contribution in [1.82, 2.24) is 15.2 Å². The van der Waals surface area contributed by atoms with Gasteiger partial charge in [-0.15, -0.1) is 0 Å². The molecule has 0 bridgehead atoms. The Bertz CT molecular complexity index is 584. The van der Waals surface area contributed by atoms with Crippen LogP contribution < -0.4 is 5.32 Å². The lowest BCUT2D eigenvalue weighted by molar-refractivity contribution is 0.186. The summed E-state index contributed by atoms with van der Waals surface area (Å²) in [6.07, 6.45) is 0. The van der Waals surface area contributed by atoms with E-state index >= 15 is 0 Å². The van der Waals surface area contributed by atoms with Crippen LogP contribution in [0.2, 0.25) is 5.02 Å². The monoisotopic (exact) mass is 277 g/mol. The highest BCUT2D eigenvalue weighted by Gasteiger charge is 2.22. The fraction of sp³-hybridized carbons (Fsp3) is 0.467. The first-order valence-corrected chi connectivity index (χ1v) is 7.27. The van der Waals surface area contributed by atoms with Gasteiger partial charge in [-0.2, -0.15) is 0 Å². The van der Waals surface area contributed by atoms with E-state index in [2.05, 4.69) is 35.1 Å². The Balaban J connectivity index is 2.03. The number of aromatic nitrogens is 1. The molecule has 1 atom stereocenters. The lowest BCUT2D eigenvalue weighted by Crippen LogP contribution is -2.44. The fourth-order valence-corrected chi connectivity index (χ4v) is 3.34. The summed E-state index contributed by atoms with van der Waals surface area (Å²) in [5.74, 6) is 0. The molecule has 1 saturated heterocycles. The number of halogens is 1. The Morgan fingerprint density at radius 2 is 2.00 bits per heavy atom. The molecule has 0 saturated carbocycles. The van der Waals surface area contributed by atoms with Crippen molar-refractivity contribution >= 4 is 22.5 Å². The van der Waals surface area contributed by atoms with E-state index in [0.29, 0.717) is 6.04 Å². The normalized spacial score (nSPS) is 18.9. The molecule has 0 aliphatic carbocycles. The molecule has 1 aliphatic heterocycles. The topological polar surface area (TPSA) is 31.1 Å². The van der Waals surface area contributed by atoms with E-state index in [1.807, 2.05) is 12.1 Å². The molecule has 1 unspecified atom stereocenters. The van der Waals surface area contributed by atoms with Crippen molar-refractivity contribution in [2.75, 3.05) is 26.2 Å². The average molecular weight is 278 g/mol. The number of para-hydroxylation sites is 1. The van der Waals surface area contributed by atoms with E-state index in [4.69, 9.17) is 11.6 Å². The Hall–Kier alpha value is -1.03. The summed E-state index contributed by atoms with van der Waals surface area (Å²) in [5, 5.41) is 5.47. The zero-order valence-corrected chi connectivity index (χ0v) is 12.2. The molecule has 2 heterocycles. The number of hydrogen-bond donors (Lipinski definition) is 2. The molecule has 3 rings (SSSR count). The van der Waals surface area contributed by atoms with E-state index in [1.54, 1.807) is 0 Å².